The van der Waals surface area contributed by atoms with Crippen molar-refractivity contribution in [2.45, 2.75) is 44.3 Å². The Bertz CT molecular complexity index is 969. The molecule has 0 spiro atoms. The highest BCUT2D eigenvalue weighted by Gasteiger charge is 2.47. The Morgan fingerprint density at radius 2 is 2.16 bits per heavy atom. The molecular weight excluding hydrogens is 415 g/mol. The van der Waals surface area contributed by atoms with Gasteiger partial charge in [0, 0.05) is 37.1 Å². The van der Waals surface area contributed by atoms with Gasteiger partial charge in [-0.15, -0.1) is 0 Å². The molecule has 0 saturated carbocycles. The van der Waals surface area contributed by atoms with Gasteiger partial charge >= 0.3 is 6.18 Å². The van der Waals surface area contributed by atoms with Crippen LogP contribution in [0.1, 0.15) is 25.0 Å². The fraction of sp³-hybridized carbons (Fsp3) is 0.550. The Labute approximate surface area is 176 Å². The highest BCUT2D eigenvalue weighted by molar-refractivity contribution is 5.48. The molecule has 2 aliphatic heterocycles. The van der Waals surface area contributed by atoms with Gasteiger partial charge in [0.1, 0.15) is 11.9 Å². The summed E-state index contributed by atoms with van der Waals surface area (Å²) in [5.74, 6) is 0.230. The molecule has 0 aliphatic carbocycles. The van der Waals surface area contributed by atoms with E-state index in [9.17, 15) is 23.1 Å². The molecule has 0 radical (unpaired) electrons. The zero-order chi connectivity index (χ0) is 22.2. The Hall–Kier alpha value is -2.66. The number of aliphatic hydroxyl groups is 1. The van der Waals surface area contributed by atoms with Crippen LogP contribution < -0.4 is 15.4 Å². The number of halogens is 3. The van der Waals surface area contributed by atoms with Gasteiger partial charge < -0.3 is 19.6 Å². The van der Waals surface area contributed by atoms with Crippen molar-refractivity contribution >= 4 is 11.8 Å². The van der Waals surface area contributed by atoms with Gasteiger partial charge in [-0.2, -0.15) is 18.2 Å². The number of pyridine rings is 1. The van der Waals surface area contributed by atoms with E-state index in [0.29, 0.717) is 31.1 Å². The van der Waals surface area contributed by atoms with Gasteiger partial charge in [-0.3, -0.25) is 14.3 Å². The molecule has 0 bridgehead atoms. The number of morpholine rings is 1. The predicted molar refractivity (Wildman–Crippen MR) is 107 cm³/mol. The molecule has 0 amide bonds. The number of aromatic nitrogens is 3. The summed E-state index contributed by atoms with van der Waals surface area (Å²) in [6.45, 7) is 2.81. The van der Waals surface area contributed by atoms with Gasteiger partial charge in [0.25, 0.3) is 5.56 Å². The van der Waals surface area contributed by atoms with E-state index in [1.54, 1.807) is 12.1 Å². The third-order valence-electron chi connectivity index (χ3n) is 5.71. The third-order valence-corrected chi connectivity index (χ3v) is 5.71. The van der Waals surface area contributed by atoms with Gasteiger partial charge in [0.2, 0.25) is 5.95 Å². The van der Waals surface area contributed by atoms with Crippen LogP contribution in [0.4, 0.5) is 24.9 Å². The monoisotopic (exact) mass is 439 g/mol. The van der Waals surface area contributed by atoms with Gasteiger partial charge in [-0.05, 0) is 19.4 Å². The zero-order valence-corrected chi connectivity index (χ0v) is 17.0. The van der Waals surface area contributed by atoms with Crippen LogP contribution in [0.25, 0.3) is 0 Å². The van der Waals surface area contributed by atoms with E-state index in [1.165, 1.54) is 23.0 Å². The summed E-state index contributed by atoms with van der Waals surface area (Å²) < 4.78 is 48.3. The largest absolute Gasteiger partial charge is 0.408 e. The molecule has 4 rings (SSSR count). The van der Waals surface area contributed by atoms with Crippen LogP contribution in [0.15, 0.2) is 35.4 Å². The molecule has 0 aromatic carbocycles. The molecule has 1 unspecified atom stereocenters. The second-order valence-corrected chi connectivity index (χ2v) is 7.82. The lowest BCUT2D eigenvalue weighted by atomic mass is 10.1. The Balaban J connectivity index is 1.75. The van der Waals surface area contributed by atoms with Crippen molar-refractivity contribution in [1.82, 2.24) is 14.5 Å². The zero-order valence-electron chi connectivity index (χ0n) is 17.0. The molecule has 8 nitrogen and oxygen atoms in total. The number of alkyl halides is 3. The smallest absolute Gasteiger partial charge is 0.386 e. The highest BCUT2D eigenvalue weighted by Crippen LogP contribution is 2.35. The Morgan fingerprint density at radius 3 is 2.84 bits per heavy atom. The van der Waals surface area contributed by atoms with E-state index in [1.807, 2.05) is 11.8 Å². The van der Waals surface area contributed by atoms with Crippen molar-refractivity contribution in [2.75, 3.05) is 36.1 Å². The number of anilines is 2. The number of hydrogen-bond donors (Lipinski definition) is 1. The fourth-order valence-corrected chi connectivity index (χ4v) is 4.09. The van der Waals surface area contributed by atoms with Crippen LogP contribution in [-0.4, -0.2) is 64.2 Å². The maximum absolute atomic E-state index is 13.9. The summed E-state index contributed by atoms with van der Waals surface area (Å²) in [5.41, 5.74) is -0.0268. The molecule has 1 saturated heterocycles. The molecule has 1 fully saturated rings. The van der Waals surface area contributed by atoms with Crippen molar-refractivity contribution in [1.29, 1.82) is 0 Å². The number of β-amino-alcohol motifs (C(OH)–C–C–N with tert-alkyl or cyclic N) is 1. The second-order valence-electron chi connectivity index (χ2n) is 7.82. The number of hydrogen-bond acceptors (Lipinski definition) is 7. The molecule has 31 heavy (non-hydrogen) atoms. The molecule has 2 aromatic rings. The second kappa shape index (κ2) is 8.46. The SMILES string of the molecule is C[C@@H]1COCCN1c1cc(=O)n2c(n1)N(CC(O)c1cccnc1)[C@H](C(F)(F)F)CC2. The first kappa shape index (κ1) is 21.6. The van der Waals surface area contributed by atoms with E-state index < -0.39 is 23.9 Å². The molecular formula is C20H24F3N5O3. The Morgan fingerprint density at radius 1 is 1.35 bits per heavy atom. The maximum Gasteiger partial charge on any atom is 0.408 e. The van der Waals surface area contributed by atoms with Crippen molar-refractivity contribution in [3.63, 3.8) is 0 Å². The first-order valence-electron chi connectivity index (χ1n) is 10.1. The number of rotatable bonds is 4. The van der Waals surface area contributed by atoms with Crippen LogP contribution >= 0.6 is 0 Å². The third kappa shape index (κ3) is 4.38. The van der Waals surface area contributed by atoms with E-state index in [0.717, 1.165) is 4.90 Å². The highest BCUT2D eigenvalue weighted by atomic mass is 19.4. The number of aliphatic hydroxyl groups excluding tert-OH is 1. The summed E-state index contributed by atoms with van der Waals surface area (Å²) >= 11 is 0. The summed E-state index contributed by atoms with van der Waals surface area (Å²) in [7, 11) is 0. The topological polar surface area (TPSA) is 83.7 Å². The number of fused-ring (bicyclic) bond motifs is 1. The van der Waals surface area contributed by atoms with Crippen molar-refractivity contribution in [3.8, 4) is 0 Å². The quantitative estimate of drug-likeness (QED) is 0.777. The molecule has 2 aromatic heterocycles. The summed E-state index contributed by atoms with van der Waals surface area (Å²) in [4.78, 5) is 24.0. The van der Waals surface area contributed by atoms with Crippen molar-refractivity contribution in [2.24, 2.45) is 0 Å². The lowest BCUT2D eigenvalue weighted by molar-refractivity contribution is -0.153. The lowest BCUT2D eigenvalue weighted by Crippen LogP contribution is -2.54. The van der Waals surface area contributed by atoms with E-state index in [2.05, 4.69) is 9.97 Å². The molecule has 1 N–H and O–H groups in total. The molecule has 4 heterocycles. The fourth-order valence-electron chi connectivity index (χ4n) is 4.09. The summed E-state index contributed by atoms with van der Waals surface area (Å²) in [6.07, 6.45) is -3.15. The lowest BCUT2D eigenvalue weighted by Gasteiger charge is -2.41. The van der Waals surface area contributed by atoms with Crippen molar-refractivity contribution in [3.05, 3.63) is 46.5 Å². The van der Waals surface area contributed by atoms with Gasteiger partial charge in [-0.25, -0.2) is 0 Å². The van der Waals surface area contributed by atoms with Gasteiger partial charge in [0.05, 0.1) is 31.9 Å². The first-order chi connectivity index (χ1) is 14.8. The molecule has 3 atom stereocenters. The van der Waals surface area contributed by atoms with Crippen LogP contribution in [0.5, 0.6) is 0 Å². The summed E-state index contributed by atoms with van der Waals surface area (Å²) in [6, 6.07) is 2.62. The Kier molecular flexibility index (Phi) is 5.89. The van der Waals surface area contributed by atoms with E-state index >= 15 is 0 Å². The van der Waals surface area contributed by atoms with E-state index in [-0.39, 0.29) is 31.5 Å². The average Bonchev–Trinajstić information content (AvgIpc) is 2.74. The number of nitrogens with zero attached hydrogens (tertiary/aromatic N) is 5. The first-order valence-corrected chi connectivity index (χ1v) is 10.1. The minimum absolute atomic E-state index is 0.0693. The predicted octanol–water partition coefficient (Wildman–Crippen LogP) is 1.74. The molecule has 11 heteroatoms. The normalized spacial score (nSPS) is 22.9. The maximum atomic E-state index is 13.9. The van der Waals surface area contributed by atoms with Crippen LogP contribution in [-0.2, 0) is 11.3 Å². The number of ether oxygens (including phenoxy) is 1. The average molecular weight is 439 g/mol. The van der Waals surface area contributed by atoms with Crippen LogP contribution in [0.3, 0.4) is 0 Å². The van der Waals surface area contributed by atoms with Crippen molar-refractivity contribution < 1.29 is 23.0 Å². The van der Waals surface area contributed by atoms with Crippen LogP contribution in [0.2, 0.25) is 0 Å². The van der Waals surface area contributed by atoms with Crippen LogP contribution in [0, 0.1) is 0 Å². The van der Waals surface area contributed by atoms with Gasteiger partial charge in [0.15, 0.2) is 0 Å². The summed E-state index contributed by atoms with van der Waals surface area (Å²) in [5, 5.41) is 10.6. The van der Waals surface area contributed by atoms with E-state index in [4.69, 9.17) is 4.74 Å². The molecule has 2 aliphatic rings. The minimum Gasteiger partial charge on any atom is -0.386 e. The standard InChI is InChI=1S/C20H24F3N5O3/c1-13-12-31-8-7-26(13)17-9-18(30)27-6-4-16(20(21,22)23)28(19(27)25-17)11-15(29)14-3-2-5-24-10-14/h2-3,5,9-10,13,15-16,29H,4,6-8,11-12H2,1H3/t13-,15?,16+/m1/s1. The molecule has 168 valence electrons. The minimum atomic E-state index is -4.54. The van der Waals surface area contributed by atoms with Gasteiger partial charge in [-0.1, -0.05) is 6.07 Å².